The minimum atomic E-state index is -0.930. The van der Waals surface area contributed by atoms with Crippen molar-refractivity contribution in [2.24, 2.45) is 5.10 Å². The molecular weight excluding hydrogens is 348 g/mol. The number of amides is 1. The number of carbonyl (C=O) groups excluding carboxylic acids is 1. The predicted octanol–water partition coefficient (Wildman–Crippen LogP) is 2.85. The average molecular weight is 370 g/mol. The van der Waals surface area contributed by atoms with Crippen molar-refractivity contribution >= 4 is 17.6 Å². The summed E-state index contributed by atoms with van der Waals surface area (Å²) in [6.07, 6.45) is 0.121. The van der Waals surface area contributed by atoms with Gasteiger partial charge in [-0.1, -0.05) is 42.5 Å². The number of carboxylic acids is 1. The van der Waals surface area contributed by atoms with Crippen LogP contribution in [0.25, 0.3) is 0 Å². The van der Waals surface area contributed by atoms with Crippen molar-refractivity contribution in [3.05, 3.63) is 60.2 Å². The first kappa shape index (κ1) is 20.0. The lowest BCUT2D eigenvalue weighted by atomic mass is 10.1. The molecule has 0 fully saturated rings. The highest BCUT2D eigenvalue weighted by Gasteiger charge is 2.10. The van der Waals surface area contributed by atoms with E-state index in [1.807, 2.05) is 43.3 Å². The number of benzene rings is 2. The Bertz CT molecular complexity index is 790. The molecule has 2 rings (SSSR count). The number of para-hydroxylation sites is 2. The lowest BCUT2D eigenvalue weighted by Gasteiger charge is -2.11. The number of rotatable bonds is 10. The molecule has 0 saturated carbocycles. The number of ether oxygens (including phenoxy) is 2. The van der Waals surface area contributed by atoms with Gasteiger partial charge in [0.15, 0.2) is 18.1 Å². The molecule has 0 unspecified atom stereocenters. The summed E-state index contributed by atoms with van der Waals surface area (Å²) in [7, 11) is 0. The van der Waals surface area contributed by atoms with Crippen molar-refractivity contribution in [2.45, 2.75) is 19.8 Å². The van der Waals surface area contributed by atoms with E-state index in [-0.39, 0.29) is 19.4 Å². The summed E-state index contributed by atoms with van der Waals surface area (Å²) in [5.41, 5.74) is 3.66. The molecule has 0 aromatic heterocycles. The van der Waals surface area contributed by atoms with Gasteiger partial charge >= 0.3 is 5.97 Å². The van der Waals surface area contributed by atoms with E-state index in [1.165, 1.54) is 0 Å². The van der Waals surface area contributed by atoms with Crippen molar-refractivity contribution in [1.82, 2.24) is 5.43 Å². The van der Waals surface area contributed by atoms with Crippen molar-refractivity contribution < 1.29 is 24.2 Å². The topological polar surface area (TPSA) is 97.2 Å². The Hall–Kier alpha value is -3.35. The van der Waals surface area contributed by atoms with E-state index in [1.54, 1.807) is 18.2 Å². The Morgan fingerprint density at radius 3 is 2.22 bits per heavy atom. The predicted molar refractivity (Wildman–Crippen MR) is 101 cm³/mol. The zero-order valence-corrected chi connectivity index (χ0v) is 15.1. The third-order valence-electron chi connectivity index (χ3n) is 3.51. The first-order valence-electron chi connectivity index (χ1n) is 8.57. The number of aliphatic carboxylic acids is 1. The van der Waals surface area contributed by atoms with Gasteiger partial charge in [0, 0.05) is 6.42 Å². The Morgan fingerprint density at radius 2 is 1.59 bits per heavy atom. The molecule has 2 N–H and O–H groups in total. The van der Waals surface area contributed by atoms with Crippen LogP contribution in [0.15, 0.2) is 59.7 Å². The molecule has 1 amide bonds. The van der Waals surface area contributed by atoms with Gasteiger partial charge in [-0.25, -0.2) is 5.43 Å². The molecule has 0 heterocycles. The minimum absolute atomic E-state index is 0.0815. The van der Waals surface area contributed by atoms with E-state index in [2.05, 4.69) is 10.5 Å². The second-order valence-corrected chi connectivity index (χ2v) is 5.52. The summed E-state index contributed by atoms with van der Waals surface area (Å²) in [4.78, 5) is 22.9. The maximum Gasteiger partial charge on any atom is 0.303 e. The monoisotopic (exact) mass is 370 g/mol. The largest absolute Gasteiger partial charge is 0.490 e. The van der Waals surface area contributed by atoms with Gasteiger partial charge in [0.05, 0.1) is 18.7 Å². The van der Waals surface area contributed by atoms with Crippen molar-refractivity contribution in [3.63, 3.8) is 0 Å². The lowest BCUT2D eigenvalue weighted by molar-refractivity contribution is -0.136. The highest BCUT2D eigenvalue weighted by atomic mass is 16.5. The van der Waals surface area contributed by atoms with Crippen LogP contribution in [0.3, 0.4) is 0 Å². The molecule has 142 valence electrons. The first-order chi connectivity index (χ1) is 13.1. The van der Waals surface area contributed by atoms with Crippen LogP contribution in [0.5, 0.6) is 11.5 Å². The Balaban J connectivity index is 1.98. The van der Waals surface area contributed by atoms with Crippen molar-refractivity contribution in [3.8, 4) is 11.5 Å². The van der Waals surface area contributed by atoms with Gasteiger partial charge in [-0.2, -0.15) is 5.10 Å². The second kappa shape index (κ2) is 10.6. The first-order valence-corrected chi connectivity index (χ1v) is 8.57. The summed E-state index contributed by atoms with van der Waals surface area (Å²) in [6, 6.07) is 16.2. The van der Waals surface area contributed by atoms with E-state index in [4.69, 9.17) is 14.6 Å². The Morgan fingerprint density at radius 1 is 0.963 bits per heavy atom. The van der Waals surface area contributed by atoms with Crippen LogP contribution in [-0.2, 0) is 9.59 Å². The fourth-order valence-electron chi connectivity index (χ4n) is 2.27. The van der Waals surface area contributed by atoms with Crippen LogP contribution in [0.2, 0.25) is 0 Å². The molecule has 0 spiro atoms. The minimum Gasteiger partial charge on any atom is -0.490 e. The van der Waals surface area contributed by atoms with E-state index in [9.17, 15) is 9.59 Å². The number of carbonyl (C=O) groups is 2. The Kier molecular flexibility index (Phi) is 7.84. The normalized spacial score (nSPS) is 10.9. The van der Waals surface area contributed by atoms with Crippen molar-refractivity contribution in [2.75, 3.05) is 13.2 Å². The quantitative estimate of drug-likeness (QED) is 0.495. The Labute approximate surface area is 157 Å². The highest BCUT2D eigenvalue weighted by molar-refractivity contribution is 6.02. The number of hydrogen-bond acceptors (Lipinski definition) is 5. The van der Waals surface area contributed by atoms with Gasteiger partial charge in [0.1, 0.15) is 0 Å². The molecule has 7 heteroatoms. The molecule has 0 aliphatic rings. The summed E-state index contributed by atoms with van der Waals surface area (Å²) in [5.74, 6) is -0.360. The van der Waals surface area contributed by atoms with Crippen LogP contribution >= 0.6 is 0 Å². The van der Waals surface area contributed by atoms with Gasteiger partial charge in [-0.05, 0) is 24.6 Å². The number of carboxylic acid groups (broad SMARTS) is 1. The van der Waals surface area contributed by atoms with E-state index in [0.717, 1.165) is 5.56 Å². The molecule has 0 saturated heterocycles. The number of nitrogens with zero attached hydrogens (tertiary/aromatic N) is 1. The van der Waals surface area contributed by atoms with Crippen molar-refractivity contribution in [1.29, 1.82) is 0 Å². The standard InChI is InChI=1S/C20H22N2O5/c1-2-26-17-10-6-7-11-18(17)27-14-19(23)22-21-16(12-13-20(24)25)15-8-4-3-5-9-15/h3-11H,2,12-14H2,1H3,(H,22,23)(H,24,25)/b21-16-. The van der Waals surface area contributed by atoms with E-state index in [0.29, 0.717) is 23.8 Å². The fourth-order valence-corrected chi connectivity index (χ4v) is 2.27. The molecule has 0 atom stereocenters. The molecule has 27 heavy (non-hydrogen) atoms. The van der Waals surface area contributed by atoms with Crippen LogP contribution in [0.4, 0.5) is 0 Å². The van der Waals surface area contributed by atoms with Crippen LogP contribution in [-0.4, -0.2) is 35.9 Å². The summed E-state index contributed by atoms with van der Waals surface area (Å²) < 4.78 is 10.9. The zero-order valence-electron chi connectivity index (χ0n) is 15.1. The molecule has 0 radical (unpaired) electrons. The number of hydrogen-bond donors (Lipinski definition) is 2. The zero-order chi connectivity index (χ0) is 19.5. The molecule has 0 aliphatic carbocycles. The maximum atomic E-state index is 12.1. The second-order valence-electron chi connectivity index (χ2n) is 5.52. The average Bonchev–Trinajstić information content (AvgIpc) is 2.68. The van der Waals surface area contributed by atoms with Crippen LogP contribution in [0.1, 0.15) is 25.3 Å². The summed E-state index contributed by atoms with van der Waals surface area (Å²) in [5, 5.41) is 13.0. The summed E-state index contributed by atoms with van der Waals surface area (Å²) >= 11 is 0. The SMILES string of the molecule is CCOc1ccccc1OCC(=O)N/N=C(/CCC(=O)O)c1ccccc1. The fraction of sp³-hybridized carbons (Fsp3) is 0.250. The molecule has 7 nitrogen and oxygen atoms in total. The van der Waals surface area contributed by atoms with Gasteiger partial charge in [-0.15, -0.1) is 0 Å². The number of hydrazone groups is 1. The molecule has 2 aromatic carbocycles. The third kappa shape index (κ3) is 6.81. The van der Waals surface area contributed by atoms with Crippen LogP contribution in [0, 0.1) is 0 Å². The smallest absolute Gasteiger partial charge is 0.303 e. The molecule has 2 aromatic rings. The molecule has 0 aliphatic heterocycles. The van der Waals surface area contributed by atoms with Crippen LogP contribution < -0.4 is 14.9 Å². The van der Waals surface area contributed by atoms with Gasteiger partial charge in [-0.3, -0.25) is 9.59 Å². The number of nitrogens with one attached hydrogen (secondary N) is 1. The molecular formula is C20H22N2O5. The van der Waals surface area contributed by atoms with E-state index >= 15 is 0 Å². The van der Waals surface area contributed by atoms with Gasteiger partial charge in [0.2, 0.25) is 0 Å². The van der Waals surface area contributed by atoms with E-state index < -0.39 is 11.9 Å². The maximum absolute atomic E-state index is 12.1. The third-order valence-corrected chi connectivity index (χ3v) is 3.51. The molecule has 0 bridgehead atoms. The highest BCUT2D eigenvalue weighted by Crippen LogP contribution is 2.26. The summed E-state index contributed by atoms with van der Waals surface area (Å²) in [6.45, 7) is 2.11. The van der Waals surface area contributed by atoms with Gasteiger partial charge in [0.25, 0.3) is 5.91 Å². The lowest BCUT2D eigenvalue weighted by Crippen LogP contribution is -2.26. The van der Waals surface area contributed by atoms with Gasteiger partial charge < -0.3 is 14.6 Å².